The number of hydrogen-bond donors (Lipinski definition) is 2. The van der Waals surface area contributed by atoms with Gasteiger partial charge in [0.2, 0.25) is 11.0 Å². The second-order valence-corrected chi connectivity index (χ2v) is 7.75. The summed E-state index contributed by atoms with van der Waals surface area (Å²) in [4.78, 5) is 38.7. The van der Waals surface area contributed by atoms with Crippen molar-refractivity contribution in [1.82, 2.24) is 20.4 Å². The highest BCUT2D eigenvalue weighted by atomic mass is 32.1. The van der Waals surface area contributed by atoms with Gasteiger partial charge in [0.05, 0.1) is 0 Å². The summed E-state index contributed by atoms with van der Waals surface area (Å²) >= 11 is 1.30. The van der Waals surface area contributed by atoms with Crippen LogP contribution in [0, 0.1) is 0 Å². The number of aromatic nitrogens is 2. The van der Waals surface area contributed by atoms with E-state index in [1.165, 1.54) is 11.3 Å². The van der Waals surface area contributed by atoms with Crippen molar-refractivity contribution in [3.05, 3.63) is 40.4 Å². The summed E-state index contributed by atoms with van der Waals surface area (Å²) in [6.07, 6.45) is 2.95. The Morgan fingerprint density at radius 3 is 2.96 bits per heavy atom. The number of nitrogens with one attached hydrogen (secondary N) is 2. The summed E-state index contributed by atoms with van der Waals surface area (Å²) in [5.41, 5.74) is 0.819. The summed E-state index contributed by atoms with van der Waals surface area (Å²) in [7, 11) is 0. The van der Waals surface area contributed by atoms with Gasteiger partial charge in [-0.1, -0.05) is 42.5 Å². The zero-order chi connectivity index (χ0) is 19.0. The molecule has 0 saturated carbocycles. The number of anilines is 1. The molecular formula is C18H19N5O3S. The average Bonchev–Trinajstić information content (AvgIpc) is 3.30. The molecule has 2 heterocycles. The van der Waals surface area contributed by atoms with Crippen molar-refractivity contribution < 1.29 is 14.4 Å². The number of carbonyl (C=O) groups is 3. The maximum absolute atomic E-state index is 13.0. The molecule has 140 valence electrons. The summed E-state index contributed by atoms with van der Waals surface area (Å²) in [6, 6.07) is 7.04. The molecule has 2 aromatic rings. The Balaban J connectivity index is 1.47. The molecule has 1 fully saturated rings. The van der Waals surface area contributed by atoms with Gasteiger partial charge in [0, 0.05) is 6.42 Å². The predicted molar refractivity (Wildman–Crippen MR) is 99.2 cm³/mol. The lowest BCUT2D eigenvalue weighted by Gasteiger charge is -2.22. The molecule has 2 aliphatic rings. The molecule has 9 heteroatoms. The molecule has 27 heavy (non-hydrogen) atoms. The van der Waals surface area contributed by atoms with E-state index in [2.05, 4.69) is 20.8 Å². The fourth-order valence-electron chi connectivity index (χ4n) is 3.65. The number of benzene rings is 1. The van der Waals surface area contributed by atoms with Crippen molar-refractivity contribution in [3.8, 4) is 0 Å². The third kappa shape index (κ3) is 2.97. The first kappa shape index (κ1) is 17.6. The van der Waals surface area contributed by atoms with Gasteiger partial charge >= 0.3 is 6.03 Å². The summed E-state index contributed by atoms with van der Waals surface area (Å²) in [5, 5.41) is 14.6. The van der Waals surface area contributed by atoms with E-state index < -0.39 is 17.5 Å². The van der Waals surface area contributed by atoms with E-state index in [0.717, 1.165) is 33.9 Å². The Kier molecular flexibility index (Phi) is 4.39. The molecule has 1 aromatic carbocycles. The Morgan fingerprint density at radius 1 is 1.33 bits per heavy atom. The molecule has 0 radical (unpaired) electrons. The van der Waals surface area contributed by atoms with Crippen molar-refractivity contribution >= 4 is 34.3 Å². The van der Waals surface area contributed by atoms with Crippen LogP contribution in [0.2, 0.25) is 0 Å². The highest BCUT2D eigenvalue weighted by Gasteiger charge is 2.55. The fraction of sp³-hybridized carbons (Fsp3) is 0.389. The summed E-state index contributed by atoms with van der Waals surface area (Å²) < 4.78 is 0. The first-order chi connectivity index (χ1) is 13.0. The van der Waals surface area contributed by atoms with Crippen LogP contribution in [0.3, 0.4) is 0 Å². The van der Waals surface area contributed by atoms with E-state index in [9.17, 15) is 14.4 Å². The molecule has 0 bridgehead atoms. The molecular weight excluding hydrogens is 366 g/mol. The first-order valence-electron chi connectivity index (χ1n) is 8.88. The lowest BCUT2D eigenvalue weighted by molar-refractivity contribution is -0.134. The number of fused-ring (bicyclic) bond motifs is 2. The number of aryl methyl sites for hydroxylation is 2. The highest BCUT2D eigenvalue weighted by Crippen LogP contribution is 2.41. The molecule has 1 saturated heterocycles. The zero-order valence-corrected chi connectivity index (χ0v) is 15.6. The molecule has 1 unspecified atom stereocenters. The van der Waals surface area contributed by atoms with Gasteiger partial charge < -0.3 is 5.32 Å². The molecule has 1 aromatic heterocycles. The molecule has 4 amide bonds. The van der Waals surface area contributed by atoms with E-state index >= 15 is 0 Å². The van der Waals surface area contributed by atoms with E-state index in [0.29, 0.717) is 18.0 Å². The van der Waals surface area contributed by atoms with Gasteiger partial charge in [-0.3, -0.25) is 19.8 Å². The minimum absolute atomic E-state index is 0.350. The Labute approximate surface area is 160 Å². The first-order valence-corrected chi connectivity index (χ1v) is 9.70. The summed E-state index contributed by atoms with van der Waals surface area (Å²) in [5.74, 6) is -0.849. The lowest BCUT2D eigenvalue weighted by Crippen LogP contribution is -2.42. The number of nitrogens with zero attached hydrogens (tertiary/aromatic N) is 3. The molecule has 2 N–H and O–H groups in total. The monoisotopic (exact) mass is 385 g/mol. The van der Waals surface area contributed by atoms with Crippen LogP contribution in [0.25, 0.3) is 0 Å². The van der Waals surface area contributed by atoms with Gasteiger partial charge in [0.25, 0.3) is 5.91 Å². The van der Waals surface area contributed by atoms with Crippen molar-refractivity contribution in [2.45, 2.75) is 38.1 Å². The maximum atomic E-state index is 13.0. The van der Waals surface area contributed by atoms with E-state index in [1.54, 1.807) is 0 Å². The molecule has 1 atom stereocenters. The lowest BCUT2D eigenvalue weighted by atomic mass is 9.92. The minimum atomic E-state index is -1.05. The van der Waals surface area contributed by atoms with E-state index in [-0.39, 0.29) is 12.5 Å². The van der Waals surface area contributed by atoms with Crippen LogP contribution in [0.4, 0.5) is 9.93 Å². The van der Waals surface area contributed by atoms with Crippen LogP contribution < -0.4 is 10.6 Å². The number of hydrogen-bond acceptors (Lipinski definition) is 6. The number of urea groups is 1. The molecule has 4 rings (SSSR count). The smallest absolute Gasteiger partial charge is 0.319 e. The third-order valence-electron chi connectivity index (χ3n) is 4.90. The van der Waals surface area contributed by atoms with Crippen LogP contribution in [0.15, 0.2) is 24.3 Å². The van der Waals surface area contributed by atoms with Crippen LogP contribution in [0.1, 0.15) is 35.9 Å². The zero-order valence-electron chi connectivity index (χ0n) is 14.8. The number of rotatable bonds is 5. The Hall–Kier alpha value is -2.81. The van der Waals surface area contributed by atoms with Crippen molar-refractivity contribution in [2.24, 2.45) is 0 Å². The van der Waals surface area contributed by atoms with Crippen LogP contribution >= 0.6 is 11.3 Å². The largest absolute Gasteiger partial charge is 0.325 e. The molecule has 1 aliphatic heterocycles. The minimum Gasteiger partial charge on any atom is -0.319 e. The van der Waals surface area contributed by atoms with Crippen LogP contribution in [-0.2, 0) is 28.0 Å². The quantitative estimate of drug-likeness (QED) is 0.764. The Bertz CT molecular complexity index is 927. The number of imide groups is 1. The molecule has 1 aliphatic carbocycles. The van der Waals surface area contributed by atoms with Crippen molar-refractivity contribution in [3.63, 3.8) is 0 Å². The fourth-order valence-corrected chi connectivity index (χ4v) is 4.51. The van der Waals surface area contributed by atoms with Crippen LogP contribution in [0.5, 0.6) is 0 Å². The number of amides is 4. The van der Waals surface area contributed by atoms with Crippen molar-refractivity contribution in [2.75, 3.05) is 11.9 Å². The second-order valence-electron chi connectivity index (χ2n) is 6.68. The van der Waals surface area contributed by atoms with E-state index in [1.807, 2.05) is 31.2 Å². The molecule has 8 nitrogen and oxygen atoms in total. The molecule has 1 spiro atoms. The highest BCUT2D eigenvalue weighted by molar-refractivity contribution is 7.15. The predicted octanol–water partition coefficient (Wildman–Crippen LogP) is 1.82. The maximum Gasteiger partial charge on any atom is 0.325 e. The van der Waals surface area contributed by atoms with Gasteiger partial charge in [0.15, 0.2) is 0 Å². The van der Waals surface area contributed by atoms with Gasteiger partial charge in [0.1, 0.15) is 17.1 Å². The van der Waals surface area contributed by atoms with E-state index in [4.69, 9.17) is 0 Å². The normalized spacial score (nSPS) is 20.9. The average molecular weight is 385 g/mol. The van der Waals surface area contributed by atoms with Gasteiger partial charge in [-0.05, 0) is 30.4 Å². The third-order valence-corrected chi connectivity index (χ3v) is 5.80. The van der Waals surface area contributed by atoms with Gasteiger partial charge in [-0.25, -0.2) is 4.79 Å². The van der Waals surface area contributed by atoms with Gasteiger partial charge in [-0.2, -0.15) is 0 Å². The van der Waals surface area contributed by atoms with Gasteiger partial charge in [-0.15, -0.1) is 10.2 Å². The SMILES string of the molecule is CCCc1nnc(NC(=O)CN2C(=O)NC3(CCc4ccccc43)C2=O)s1. The second kappa shape index (κ2) is 6.73. The number of carbonyl (C=O) groups excluding carboxylic acids is 3. The summed E-state index contributed by atoms with van der Waals surface area (Å²) in [6.45, 7) is 1.69. The van der Waals surface area contributed by atoms with Crippen molar-refractivity contribution in [1.29, 1.82) is 0 Å². The Morgan fingerprint density at radius 2 is 2.15 bits per heavy atom. The topological polar surface area (TPSA) is 104 Å². The standard InChI is InChI=1S/C18H19N5O3S/c1-2-5-14-21-22-16(27-14)19-13(24)10-23-15(25)18(20-17(23)26)9-8-11-6-3-4-7-12(11)18/h3-4,6-7H,2,5,8-10H2,1H3,(H,20,26)(H,19,22,24). The van der Waals surface area contributed by atoms with Crippen LogP contribution in [-0.4, -0.2) is 39.5 Å².